The minimum absolute atomic E-state index is 0.0329. The number of non-ortho nitro benzene ring substituents is 1. The molecule has 0 aliphatic heterocycles. The molecule has 20 heavy (non-hydrogen) atoms. The van der Waals surface area contributed by atoms with Gasteiger partial charge in [-0.3, -0.25) is 14.9 Å². The summed E-state index contributed by atoms with van der Waals surface area (Å²) < 4.78 is 4.80. The van der Waals surface area contributed by atoms with E-state index in [1.165, 1.54) is 13.2 Å². The van der Waals surface area contributed by atoms with E-state index in [-0.39, 0.29) is 29.3 Å². The van der Waals surface area contributed by atoms with Crippen LogP contribution in [0.25, 0.3) is 0 Å². The number of benzene rings is 1. The van der Waals surface area contributed by atoms with Crippen molar-refractivity contribution in [2.75, 3.05) is 19.0 Å². The average molecular weight is 282 g/mol. The number of ether oxygens (including phenoxy) is 1. The minimum Gasteiger partial charge on any atom is -0.478 e. The average Bonchev–Trinajstić information content (AvgIpc) is 2.38. The van der Waals surface area contributed by atoms with Crippen molar-refractivity contribution >= 4 is 23.3 Å². The van der Waals surface area contributed by atoms with E-state index in [2.05, 4.69) is 5.32 Å². The predicted octanol–water partition coefficient (Wildman–Crippen LogP) is 1.66. The Morgan fingerprint density at radius 3 is 2.70 bits per heavy atom. The Morgan fingerprint density at radius 2 is 2.15 bits per heavy atom. The first-order valence-electron chi connectivity index (χ1n) is 5.76. The summed E-state index contributed by atoms with van der Waals surface area (Å²) in [5.41, 5.74) is -0.635. The van der Waals surface area contributed by atoms with Gasteiger partial charge in [0, 0.05) is 32.3 Å². The molecular formula is C12H14N2O6. The van der Waals surface area contributed by atoms with Crippen molar-refractivity contribution in [1.82, 2.24) is 0 Å². The third-order valence-corrected chi connectivity index (χ3v) is 2.47. The highest BCUT2D eigenvalue weighted by atomic mass is 16.6. The molecule has 0 atom stereocenters. The summed E-state index contributed by atoms with van der Waals surface area (Å²) in [5.74, 6) is -1.72. The lowest BCUT2D eigenvalue weighted by Crippen LogP contribution is -2.15. The predicted molar refractivity (Wildman–Crippen MR) is 69.8 cm³/mol. The molecule has 0 spiro atoms. The Morgan fingerprint density at radius 1 is 1.45 bits per heavy atom. The van der Waals surface area contributed by atoms with Crippen molar-refractivity contribution in [3.8, 4) is 0 Å². The number of nitrogens with one attached hydrogen (secondary N) is 1. The first kappa shape index (κ1) is 15.6. The third-order valence-electron chi connectivity index (χ3n) is 2.47. The van der Waals surface area contributed by atoms with E-state index >= 15 is 0 Å². The van der Waals surface area contributed by atoms with Crippen molar-refractivity contribution in [1.29, 1.82) is 0 Å². The summed E-state index contributed by atoms with van der Waals surface area (Å²) in [4.78, 5) is 32.5. The van der Waals surface area contributed by atoms with Crippen molar-refractivity contribution in [3.63, 3.8) is 0 Å². The van der Waals surface area contributed by atoms with Gasteiger partial charge in [-0.1, -0.05) is 0 Å². The smallest absolute Gasteiger partial charge is 0.338 e. The van der Waals surface area contributed by atoms with Crippen LogP contribution in [0.4, 0.5) is 11.4 Å². The van der Waals surface area contributed by atoms with E-state index in [0.29, 0.717) is 13.0 Å². The first-order chi connectivity index (χ1) is 9.45. The fourth-order valence-electron chi connectivity index (χ4n) is 1.52. The van der Waals surface area contributed by atoms with Crippen LogP contribution in [-0.4, -0.2) is 35.6 Å². The summed E-state index contributed by atoms with van der Waals surface area (Å²) >= 11 is 0. The summed E-state index contributed by atoms with van der Waals surface area (Å²) in [6.07, 6.45) is 0.668. The van der Waals surface area contributed by atoms with Gasteiger partial charge in [0.25, 0.3) is 5.69 Å². The van der Waals surface area contributed by atoms with Crippen LogP contribution in [0, 0.1) is 10.1 Å². The fraction of sp³-hybridized carbons (Fsp3) is 0.333. The number of carboxylic acid groups (broad SMARTS) is 1. The molecule has 0 saturated carbocycles. The van der Waals surface area contributed by atoms with Gasteiger partial charge in [-0.15, -0.1) is 0 Å². The third kappa shape index (κ3) is 4.32. The summed E-state index contributed by atoms with van der Waals surface area (Å²) in [7, 11) is 1.51. The Kier molecular flexibility index (Phi) is 5.60. The molecule has 0 bridgehead atoms. The largest absolute Gasteiger partial charge is 0.478 e. The maximum Gasteiger partial charge on any atom is 0.338 e. The Bertz CT molecular complexity index is 529. The van der Waals surface area contributed by atoms with Gasteiger partial charge < -0.3 is 15.2 Å². The summed E-state index contributed by atoms with van der Waals surface area (Å²) in [6, 6.07) is 3.25. The van der Waals surface area contributed by atoms with Gasteiger partial charge in [0.15, 0.2) is 0 Å². The Balaban J connectivity index is 2.86. The van der Waals surface area contributed by atoms with Gasteiger partial charge in [-0.2, -0.15) is 0 Å². The number of hydrogen-bond acceptors (Lipinski definition) is 5. The summed E-state index contributed by atoms with van der Waals surface area (Å²) in [6.45, 7) is 0.416. The molecule has 0 saturated heterocycles. The molecular weight excluding hydrogens is 268 g/mol. The molecule has 1 aromatic carbocycles. The van der Waals surface area contributed by atoms with Crippen LogP contribution in [-0.2, 0) is 9.53 Å². The van der Waals surface area contributed by atoms with Crippen LogP contribution < -0.4 is 5.32 Å². The number of carboxylic acids is 1. The van der Waals surface area contributed by atoms with E-state index in [1.807, 2.05) is 0 Å². The van der Waals surface area contributed by atoms with E-state index in [9.17, 15) is 19.7 Å². The molecule has 1 amide bonds. The second kappa shape index (κ2) is 7.19. The Labute approximate surface area is 114 Å². The lowest BCUT2D eigenvalue weighted by atomic mass is 10.1. The maximum absolute atomic E-state index is 11.6. The first-order valence-corrected chi connectivity index (χ1v) is 5.76. The van der Waals surface area contributed by atoms with Crippen molar-refractivity contribution < 1.29 is 24.4 Å². The van der Waals surface area contributed by atoms with E-state index in [0.717, 1.165) is 12.1 Å². The highest BCUT2D eigenvalue weighted by molar-refractivity contribution is 6.01. The van der Waals surface area contributed by atoms with Gasteiger partial charge in [-0.25, -0.2) is 4.79 Å². The van der Waals surface area contributed by atoms with E-state index in [4.69, 9.17) is 9.84 Å². The molecule has 0 aliphatic rings. The molecule has 8 heteroatoms. The van der Waals surface area contributed by atoms with Crippen LogP contribution in [0.2, 0.25) is 0 Å². The molecule has 0 unspecified atom stereocenters. The van der Waals surface area contributed by atoms with E-state index in [1.54, 1.807) is 0 Å². The molecule has 0 fully saturated rings. The Hall–Kier alpha value is -2.48. The molecule has 2 N–H and O–H groups in total. The number of carbonyl (C=O) groups excluding carboxylic acids is 1. The molecule has 1 aromatic rings. The lowest BCUT2D eigenvalue weighted by molar-refractivity contribution is -0.384. The number of anilines is 1. The second-order valence-electron chi connectivity index (χ2n) is 3.94. The number of aromatic carboxylic acids is 1. The molecule has 0 heterocycles. The molecule has 0 aliphatic carbocycles. The highest BCUT2D eigenvalue weighted by Crippen LogP contribution is 2.22. The normalized spacial score (nSPS) is 10.1. The molecule has 8 nitrogen and oxygen atoms in total. The van der Waals surface area contributed by atoms with Gasteiger partial charge in [-0.05, 0) is 12.5 Å². The van der Waals surface area contributed by atoms with Crippen LogP contribution in [0.15, 0.2) is 18.2 Å². The van der Waals surface area contributed by atoms with Gasteiger partial charge in [0.05, 0.1) is 16.2 Å². The van der Waals surface area contributed by atoms with Crippen molar-refractivity contribution in [2.24, 2.45) is 0 Å². The fourth-order valence-corrected chi connectivity index (χ4v) is 1.52. The van der Waals surface area contributed by atoms with Crippen molar-refractivity contribution in [2.45, 2.75) is 12.8 Å². The van der Waals surface area contributed by atoms with Crippen LogP contribution >= 0.6 is 0 Å². The van der Waals surface area contributed by atoms with Gasteiger partial charge >= 0.3 is 5.97 Å². The highest BCUT2D eigenvalue weighted by Gasteiger charge is 2.17. The number of methoxy groups -OCH3 is 1. The number of nitro benzene ring substituents is 1. The standard InChI is InChI=1S/C12H14N2O6/c1-20-6-2-3-11(15)13-10-5-4-8(14(18)19)7-9(10)12(16)17/h4-5,7H,2-3,6H2,1H3,(H,13,15)(H,16,17). The molecule has 1 rings (SSSR count). The lowest BCUT2D eigenvalue weighted by Gasteiger charge is -2.08. The quantitative estimate of drug-likeness (QED) is 0.446. The topological polar surface area (TPSA) is 119 Å². The van der Waals surface area contributed by atoms with Crippen LogP contribution in [0.5, 0.6) is 0 Å². The minimum atomic E-state index is -1.35. The number of amides is 1. The number of hydrogen-bond donors (Lipinski definition) is 2. The number of nitrogens with zero attached hydrogens (tertiary/aromatic N) is 1. The van der Waals surface area contributed by atoms with Gasteiger partial charge in [0.2, 0.25) is 5.91 Å². The molecule has 0 radical (unpaired) electrons. The molecule has 108 valence electrons. The van der Waals surface area contributed by atoms with E-state index < -0.39 is 10.9 Å². The van der Waals surface area contributed by atoms with Crippen LogP contribution in [0.1, 0.15) is 23.2 Å². The number of carbonyl (C=O) groups is 2. The zero-order valence-electron chi connectivity index (χ0n) is 10.8. The maximum atomic E-state index is 11.6. The van der Waals surface area contributed by atoms with Crippen molar-refractivity contribution in [3.05, 3.63) is 33.9 Å². The number of rotatable bonds is 7. The zero-order chi connectivity index (χ0) is 15.1. The van der Waals surface area contributed by atoms with Crippen LogP contribution in [0.3, 0.4) is 0 Å². The number of nitro groups is 1. The SMILES string of the molecule is COCCCC(=O)Nc1ccc([N+](=O)[O-])cc1C(=O)O. The second-order valence-corrected chi connectivity index (χ2v) is 3.94. The van der Waals surface area contributed by atoms with Gasteiger partial charge in [0.1, 0.15) is 0 Å². The summed E-state index contributed by atoms with van der Waals surface area (Å²) in [5, 5.41) is 22.0. The zero-order valence-corrected chi connectivity index (χ0v) is 10.8. The monoisotopic (exact) mass is 282 g/mol. The molecule has 0 aromatic heterocycles.